The number of anilines is 1. The first-order valence-corrected chi connectivity index (χ1v) is 12.3. The van der Waals surface area contributed by atoms with Gasteiger partial charge in [0, 0.05) is 50.0 Å². The Morgan fingerprint density at radius 1 is 1.03 bits per heavy atom. The van der Waals surface area contributed by atoms with E-state index in [9.17, 15) is 22.0 Å². The summed E-state index contributed by atoms with van der Waals surface area (Å²) in [6, 6.07) is 6.31. The minimum atomic E-state index is -5.02. The van der Waals surface area contributed by atoms with Crippen molar-refractivity contribution in [1.29, 1.82) is 0 Å². The summed E-state index contributed by atoms with van der Waals surface area (Å²) in [4.78, 5) is 2.59. The third-order valence-corrected chi connectivity index (χ3v) is 7.46. The lowest BCUT2D eigenvalue weighted by molar-refractivity contribution is -0.274. The van der Waals surface area contributed by atoms with E-state index in [1.165, 1.54) is 6.07 Å². The summed E-state index contributed by atoms with van der Waals surface area (Å²) >= 11 is 0. The van der Waals surface area contributed by atoms with E-state index in [2.05, 4.69) is 25.2 Å². The number of aromatic nitrogens is 2. The number of nitrogens with one attached hydrogen (secondary N) is 1. The molecule has 6 nitrogen and oxygen atoms in total. The Hall–Kier alpha value is -2.53. The highest BCUT2D eigenvalue weighted by Crippen LogP contribution is 2.40. The van der Waals surface area contributed by atoms with Crippen LogP contribution in [-0.4, -0.2) is 60.3 Å². The highest BCUT2D eigenvalue weighted by molar-refractivity contribution is 5.68. The highest BCUT2D eigenvalue weighted by Gasteiger charge is 2.41. The monoisotopic (exact) mass is 512 g/mol. The molecule has 196 valence electrons. The van der Waals surface area contributed by atoms with Gasteiger partial charge in [-0.1, -0.05) is 6.07 Å². The Kier molecular flexibility index (Phi) is 7.30. The molecule has 2 atom stereocenters. The Bertz CT molecular complexity index is 1020. The SMILES string of the molecule is FC(F)c1ccc(-c2ccc(NC3C[C@@H]4CN(CC5CCOCC5)C[C@H]4C3)nn2)c(OC(F)(F)F)c1. The van der Waals surface area contributed by atoms with E-state index in [1.54, 1.807) is 6.07 Å². The number of hydrogen-bond donors (Lipinski definition) is 1. The molecule has 2 saturated heterocycles. The van der Waals surface area contributed by atoms with Gasteiger partial charge in [-0.05, 0) is 67.7 Å². The molecule has 0 bridgehead atoms. The van der Waals surface area contributed by atoms with Gasteiger partial charge in [-0.25, -0.2) is 8.78 Å². The molecule has 1 N–H and O–H groups in total. The van der Waals surface area contributed by atoms with Gasteiger partial charge in [-0.2, -0.15) is 0 Å². The van der Waals surface area contributed by atoms with Crippen molar-refractivity contribution in [3.63, 3.8) is 0 Å². The molecule has 2 aromatic rings. The largest absolute Gasteiger partial charge is 0.573 e. The van der Waals surface area contributed by atoms with Crippen LogP contribution in [0.15, 0.2) is 30.3 Å². The fourth-order valence-corrected chi connectivity index (χ4v) is 5.82. The maximum Gasteiger partial charge on any atom is 0.573 e. The van der Waals surface area contributed by atoms with Gasteiger partial charge in [-0.15, -0.1) is 23.4 Å². The minimum absolute atomic E-state index is 0.0595. The van der Waals surface area contributed by atoms with Crippen LogP contribution in [0.5, 0.6) is 5.75 Å². The predicted molar refractivity (Wildman–Crippen MR) is 123 cm³/mol. The smallest absolute Gasteiger partial charge is 0.405 e. The van der Waals surface area contributed by atoms with Crippen LogP contribution in [0, 0.1) is 17.8 Å². The van der Waals surface area contributed by atoms with Crippen molar-refractivity contribution in [3.8, 4) is 17.0 Å². The number of alkyl halides is 5. The van der Waals surface area contributed by atoms with Gasteiger partial charge >= 0.3 is 6.36 Å². The van der Waals surface area contributed by atoms with Crippen LogP contribution in [0.4, 0.5) is 27.8 Å². The second-order valence-corrected chi connectivity index (χ2v) is 10.0. The topological polar surface area (TPSA) is 59.5 Å². The highest BCUT2D eigenvalue weighted by atomic mass is 19.4. The van der Waals surface area contributed by atoms with E-state index in [1.807, 2.05) is 0 Å². The van der Waals surface area contributed by atoms with Crippen molar-refractivity contribution in [2.75, 3.05) is 38.2 Å². The van der Waals surface area contributed by atoms with Crippen LogP contribution in [0.1, 0.15) is 37.7 Å². The first-order chi connectivity index (χ1) is 17.2. The molecule has 0 unspecified atom stereocenters. The number of likely N-dealkylation sites (tertiary alicyclic amines) is 1. The fourth-order valence-electron chi connectivity index (χ4n) is 5.82. The van der Waals surface area contributed by atoms with Crippen molar-refractivity contribution in [1.82, 2.24) is 15.1 Å². The standard InChI is InChI=1S/C25H29F5N4O2/c26-24(27)16-1-2-20(22(11-16)36-25(28,29)30)21-3-4-23(33-32-21)31-19-9-17-13-34(14-18(17)10-19)12-15-5-7-35-8-6-15/h1-4,11,15,17-19,24H,5-10,12-14H2,(H,31,33)/t17-,18-/m1/s1. The van der Waals surface area contributed by atoms with Gasteiger partial charge in [0.25, 0.3) is 6.43 Å². The average Bonchev–Trinajstić information content (AvgIpc) is 3.37. The molecule has 1 aromatic carbocycles. The normalized spacial score (nSPS) is 23.8. The van der Waals surface area contributed by atoms with Gasteiger partial charge < -0.3 is 19.7 Å². The van der Waals surface area contributed by atoms with Crippen molar-refractivity contribution < 1.29 is 31.4 Å². The van der Waals surface area contributed by atoms with Crippen molar-refractivity contribution >= 4 is 5.82 Å². The molecule has 1 aliphatic carbocycles. The van der Waals surface area contributed by atoms with Crippen LogP contribution in [-0.2, 0) is 4.74 Å². The van der Waals surface area contributed by atoms with Crippen LogP contribution in [0.2, 0.25) is 0 Å². The first kappa shape index (κ1) is 25.1. The lowest BCUT2D eigenvalue weighted by Gasteiger charge is -2.27. The third-order valence-electron chi connectivity index (χ3n) is 7.46. The summed E-state index contributed by atoms with van der Waals surface area (Å²) in [6.07, 6.45) is -3.58. The molecule has 3 fully saturated rings. The maximum absolute atomic E-state index is 13.0. The zero-order chi connectivity index (χ0) is 25.3. The number of rotatable bonds is 7. The summed E-state index contributed by atoms with van der Waals surface area (Å²) in [5.41, 5.74) is -0.522. The third kappa shape index (κ3) is 6.05. The number of benzene rings is 1. The molecular formula is C25H29F5N4O2. The lowest BCUT2D eigenvalue weighted by Crippen LogP contribution is -2.32. The van der Waals surface area contributed by atoms with Crippen LogP contribution in [0.3, 0.4) is 0 Å². The number of hydrogen-bond acceptors (Lipinski definition) is 6. The Labute approximate surface area is 206 Å². The second-order valence-electron chi connectivity index (χ2n) is 10.0. The zero-order valence-corrected chi connectivity index (χ0v) is 19.7. The fraction of sp³-hybridized carbons (Fsp3) is 0.600. The van der Waals surface area contributed by atoms with Crippen molar-refractivity contribution in [3.05, 3.63) is 35.9 Å². The summed E-state index contributed by atoms with van der Waals surface area (Å²) < 4.78 is 73.9. The van der Waals surface area contributed by atoms with Gasteiger partial charge in [0.05, 0.1) is 5.69 Å². The molecule has 0 spiro atoms. The molecule has 5 rings (SSSR count). The Balaban J connectivity index is 1.19. The van der Waals surface area contributed by atoms with Crippen LogP contribution >= 0.6 is 0 Å². The van der Waals surface area contributed by atoms with E-state index < -0.39 is 24.1 Å². The first-order valence-electron chi connectivity index (χ1n) is 12.3. The van der Waals surface area contributed by atoms with Gasteiger partial charge in [0.15, 0.2) is 0 Å². The van der Waals surface area contributed by atoms with Crippen molar-refractivity contribution in [2.45, 2.75) is 44.5 Å². The maximum atomic E-state index is 13.0. The Morgan fingerprint density at radius 2 is 1.75 bits per heavy atom. The van der Waals surface area contributed by atoms with E-state index in [0.29, 0.717) is 23.7 Å². The molecule has 1 aromatic heterocycles. The average molecular weight is 513 g/mol. The van der Waals surface area contributed by atoms with E-state index in [0.717, 1.165) is 76.6 Å². The van der Waals surface area contributed by atoms with Crippen LogP contribution in [0.25, 0.3) is 11.3 Å². The molecule has 1 saturated carbocycles. The number of nitrogens with zero attached hydrogens (tertiary/aromatic N) is 3. The van der Waals surface area contributed by atoms with Gasteiger partial charge in [0.2, 0.25) is 0 Å². The van der Waals surface area contributed by atoms with E-state index in [-0.39, 0.29) is 17.3 Å². The Morgan fingerprint density at radius 3 is 2.36 bits per heavy atom. The van der Waals surface area contributed by atoms with Gasteiger partial charge in [-0.3, -0.25) is 0 Å². The molecule has 0 radical (unpaired) electrons. The van der Waals surface area contributed by atoms with Crippen LogP contribution < -0.4 is 10.1 Å². The second kappa shape index (κ2) is 10.5. The molecule has 3 heterocycles. The number of ether oxygens (including phenoxy) is 2. The lowest BCUT2D eigenvalue weighted by atomic mass is 10.00. The summed E-state index contributed by atoms with van der Waals surface area (Å²) in [6.45, 7) is 5.12. The van der Waals surface area contributed by atoms with Gasteiger partial charge in [0.1, 0.15) is 11.6 Å². The zero-order valence-electron chi connectivity index (χ0n) is 19.7. The molecule has 3 aliphatic rings. The van der Waals surface area contributed by atoms with E-state index >= 15 is 0 Å². The van der Waals surface area contributed by atoms with E-state index in [4.69, 9.17) is 4.74 Å². The summed E-state index contributed by atoms with van der Waals surface area (Å²) in [5, 5.41) is 11.6. The summed E-state index contributed by atoms with van der Waals surface area (Å²) in [5.74, 6) is 1.82. The molecule has 0 amide bonds. The quantitative estimate of drug-likeness (QED) is 0.493. The molecular weight excluding hydrogens is 483 g/mol. The molecule has 36 heavy (non-hydrogen) atoms. The molecule has 11 heteroatoms. The predicted octanol–water partition coefficient (Wildman–Crippen LogP) is 5.53. The molecule has 2 aliphatic heterocycles. The van der Waals surface area contributed by atoms with Crippen molar-refractivity contribution in [2.24, 2.45) is 17.8 Å². The summed E-state index contributed by atoms with van der Waals surface area (Å²) in [7, 11) is 0. The number of fused-ring (bicyclic) bond motifs is 1. The number of halogens is 5. The minimum Gasteiger partial charge on any atom is -0.405 e.